The first-order valence-electron chi connectivity index (χ1n) is 38.7. The predicted molar refractivity (Wildman–Crippen MR) is 455 cm³/mol. The molecule has 0 spiro atoms. The summed E-state index contributed by atoms with van der Waals surface area (Å²) in [5.41, 5.74) is 37.7. The third-order valence-corrected chi connectivity index (χ3v) is 25.0. The van der Waals surface area contributed by atoms with Gasteiger partial charge in [-0.1, -0.05) is 297 Å². The van der Waals surface area contributed by atoms with Crippen molar-refractivity contribution in [2.75, 3.05) is 9.80 Å². The Morgan fingerprint density at radius 1 is 0.283 bits per heavy atom. The number of fused-ring (bicyclic) bond motifs is 9. The van der Waals surface area contributed by atoms with Crippen LogP contribution in [0.5, 0.6) is 0 Å². The maximum Gasteiger partial charge on any atom is 0.252 e. The monoisotopic (exact) mass is 1370 g/mol. The molecule has 0 saturated carbocycles. The summed E-state index contributed by atoms with van der Waals surface area (Å²) >= 11 is 0. The van der Waals surface area contributed by atoms with Gasteiger partial charge in [-0.05, 0) is 254 Å². The van der Waals surface area contributed by atoms with Gasteiger partial charge >= 0.3 is 0 Å². The first-order valence-corrected chi connectivity index (χ1v) is 38.7. The molecule has 0 N–H and O–H groups in total. The van der Waals surface area contributed by atoms with Crippen molar-refractivity contribution in [2.24, 2.45) is 0 Å². The minimum Gasteiger partial charge on any atom is -0.311 e. The highest BCUT2D eigenvalue weighted by Gasteiger charge is 2.45. The van der Waals surface area contributed by atoms with Gasteiger partial charge in [-0.15, -0.1) is 0 Å². The van der Waals surface area contributed by atoms with Crippen molar-refractivity contribution in [3.05, 3.63) is 312 Å². The van der Waals surface area contributed by atoms with Crippen LogP contribution >= 0.6 is 0 Å². The van der Waals surface area contributed by atoms with Gasteiger partial charge in [0.15, 0.2) is 0 Å². The van der Waals surface area contributed by atoms with Crippen LogP contribution in [0.1, 0.15) is 156 Å². The molecule has 0 amide bonds. The molecule has 0 bridgehead atoms. The van der Waals surface area contributed by atoms with Crippen molar-refractivity contribution in [2.45, 2.75) is 155 Å². The number of hydrogen-bond donors (Lipinski definition) is 0. The molecule has 2 aliphatic heterocycles. The Bertz CT molecular complexity index is 5740. The Hall–Kier alpha value is -10.7. The predicted octanol–water partition coefficient (Wildman–Crippen LogP) is 26.2. The molecular weight excluding hydrogens is 1280 g/mol. The highest BCUT2D eigenvalue weighted by molar-refractivity contribution is 7.00. The van der Waals surface area contributed by atoms with Crippen molar-refractivity contribution >= 4 is 79.0 Å². The fourth-order valence-corrected chi connectivity index (χ4v) is 18.6. The lowest BCUT2D eigenvalue weighted by Gasteiger charge is -2.45. The van der Waals surface area contributed by atoms with E-state index in [4.69, 9.17) is 0 Å². The number of hydrogen-bond acceptors (Lipinski definition) is 2. The second kappa shape index (κ2) is 24.4. The molecule has 4 heteroatoms. The van der Waals surface area contributed by atoms with E-state index in [1.165, 1.54) is 170 Å². The average Bonchev–Trinajstić information content (AvgIpc) is 0.700. The van der Waals surface area contributed by atoms with Crippen LogP contribution in [0.25, 0.3) is 94.3 Å². The van der Waals surface area contributed by atoms with E-state index in [9.17, 15) is 0 Å². The van der Waals surface area contributed by atoms with E-state index in [0.29, 0.717) is 0 Å². The van der Waals surface area contributed by atoms with Crippen LogP contribution in [-0.4, -0.2) is 11.3 Å². The molecule has 2 aliphatic carbocycles. The van der Waals surface area contributed by atoms with Crippen LogP contribution in [0.2, 0.25) is 0 Å². The molecule has 13 aromatic carbocycles. The number of aromatic nitrogens is 1. The van der Waals surface area contributed by atoms with E-state index < -0.39 is 0 Å². The first kappa shape index (κ1) is 67.2. The summed E-state index contributed by atoms with van der Waals surface area (Å²) < 4.78 is 2.54. The molecule has 18 rings (SSSR count). The van der Waals surface area contributed by atoms with E-state index >= 15 is 0 Å². The molecule has 3 heterocycles. The molecule has 0 atom stereocenters. The third-order valence-electron chi connectivity index (χ3n) is 25.0. The number of anilines is 6. The Morgan fingerprint density at radius 2 is 0.689 bits per heavy atom. The van der Waals surface area contributed by atoms with Gasteiger partial charge in [-0.2, -0.15) is 0 Å². The Labute approximate surface area is 629 Å². The Morgan fingerprint density at radius 3 is 1.19 bits per heavy atom. The lowest BCUT2D eigenvalue weighted by atomic mass is 9.33. The fourth-order valence-electron chi connectivity index (χ4n) is 18.6. The summed E-state index contributed by atoms with van der Waals surface area (Å²) in [6, 6.07) is 108. The van der Waals surface area contributed by atoms with Gasteiger partial charge in [0.1, 0.15) is 0 Å². The largest absolute Gasteiger partial charge is 0.311 e. The number of nitrogens with zero attached hydrogens (tertiary/aromatic N) is 3. The van der Waals surface area contributed by atoms with Crippen molar-refractivity contribution in [3.63, 3.8) is 0 Å². The summed E-state index contributed by atoms with van der Waals surface area (Å²) in [6.45, 7) is 33.3. The second-order valence-corrected chi connectivity index (χ2v) is 35.9. The second-order valence-electron chi connectivity index (χ2n) is 35.9. The summed E-state index contributed by atoms with van der Waals surface area (Å²) in [5.74, 6) is 0. The topological polar surface area (TPSA) is 11.4 Å². The van der Waals surface area contributed by atoms with Crippen molar-refractivity contribution in [1.29, 1.82) is 0 Å². The molecule has 14 aromatic rings. The van der Waals surface area contributed by atoms with Gasteiger partial charge in [0.25, 0.3) is 6.71 Å². The maximum atomic E-state index is 2.64. The molecule has 0 saturated heterocycles. The highest BCUT2D eigenvalue weighted by Crippen LogP contribution is 2.52. The van der Waals surface area contributed by atoms with E-state index in [1.54, 1.807) is 0 Å². The minimum absolute atomic E-state index is 0.0145. The normalized spacial score (nSPS) is 15.9. The maximum absolute atomic E-state index is 2.64. The fraction of sp³-hybridized carbons (Fsp3) is 0.235. The van der Waals surface area contributed by atoms with Gasteiger partial charge < -0.3 is 14.4 Å². The van der Waals surface area contributed by atoms with E-state index in [-0.39, 0.29) is 39.2 Å². The van der Waals surface area contributed by atoms with Gasteiger partial charge in [0.05, 0.1) is 11.0 Å². The lowest BCUT2D eigenvalue weighted by Crippen LogP contribution is -2.61. The van der Waals surface area contributed by atoms with E-state index in [1.807, 2.05) is 0 Å². The lowest BCUT2D eigenvalue weighted by molar-refractivity contribution is 0.332. The third kappa shape index (κ3) is 11.2. The van der Waals surface area contributed by atoms with Crippen LogP contribution in [0.15, 0.2) is 279 Å². The molecule has 1 aromatic heterocycles. The Kier molecular flexibility index (Phi) is 15.5. The number of rotatable bonds is 9. The van der Waals surface area contributed by atoms with Gasteiger partial charge in [0, 0.05) is 50.6 Å². The standard InChI is InChI=1S/C102H96BN3/c1-97(2,3)76-40-29-69(30-41-76)75-62-94-96-95(63-75)105(78-44-33-68(34-45-78)73-36-48-85-87(60-73)102(13,14)56-54-100(85,9)10)93-64-79(106-90-50-37-70(65-23-17-15-18-24-65)57-81(90)82-58-71(38-51-91(82)106)66-25-19-16-20-26-66)46-49-88(93)103(96)89-61-74(80-27-21-22-28-83(80)98(4,5)6)39-52-92(89)104(94)77-42-31-67(32-43-77)72-35-47-84-86(59-72)101(11,12)55-53-99(84,7)8/h15-52,57-64H,53-56H2,1-14H3. The van der Waals surface area contributed by atoms with Crippen molar-refractivity contribution < 1.29 is 0 Å². The molecule has 0 radical (unpaired) electrons. The molecule has 3 nitrogen and oxygen atoms in total. The van der Waals surface area contributed by atoms with Gasteiger partial charge in [-0.25, -0.2) is 0 Å². The van der Waals surface area contributed by atoms with Crippen LogP contribution in [0, 0.1) is 0 Å². The summed E-state index contributed by atoms with van der Waals surface area (Å²) in [7, 11) is 0. The van der Waals surface area contributed by atoms with Crippen LogP contribution in [0.4, 0.5) is 34.1 Å². The molecular formula is C102H96BN3. The zero-order valence-corrected chi connectivity index (χ0v) is 64.3. The van der Waals surface area contributed by atoms with Gasteiger partial charge in [-0.3, -0.25) is 0 Å². The van der Waals surface area contributed by atoms with Crippen molar-refractivity contribution in [1.82, 2.24) is 4.57 Å². The van der Waals surface area contributed by atoms with Crippen LogP contribution in [0.3, 0.4) is 0 Å². The molecule has 0 fully saturated rings. The molecule has 106 heavy (non-hydrogen) atoms. The average molecular weight is 1370 g/mol. The highest BCUT2D eigenvalue weighted by atomic mass is 15.2. The summed E-state index contributed by atoms with van der Waals surface area (Å²) in [6.07, 6.45) is 4.72. The molecule has 0 unspecified atom stereocenters. The van der Waals surface area contributed by atoms with E-state index in [0.717, 1.165) is 33.8 Å². The summed E-state index contributed by atoms with van der Waals surface area (Å²) in [5, 5.41) is 2.44. The molecule has 4 aliphatic rings. The first-order chi connectivity index (χ1) is 50.8. The van der Waals surface area contributed by atoms with Crippen LogP contribution in [-0.2, 0) is 32.5 Å². The minimum atomic E-state index is -0.166. The van der Waals surface area contributed by atoms with Crippen LogP contribution < -0.4 is 26.2 Å². The van der Waals surface area contributed by atoms with Crippen molar-refractivity contribution in [3.8, 4) is 72.4 Å². The zero-order chi connectivity index (χ0) is 73.1. The quantitative estimate of drug-likeness (QED) is 0.133. The molecule has 522 valence electrons. The van der Waals surface area contributed by atoms with E-state index in [2.05, 4.69) is 390 Å². The SMILES string of the molecule is CC(C)(C)c1ccc(-c2cc3c4c(c2)N(c2ccc(-c5ccc6c(c5)C(C)(C)CCC6(C)C)cc2)c2cc(-n5c6ccc(-c7ccccc7)cc6c6cc(-c7ccccc7)ccc65)ccc2B4c2cc(-c4ccccc4C(C)(C)C)ccc2N3c2ccc(-c3ccc4c(c3)C(C)(C)CCC4(C)C)cc2)cc1. The van der Waals surface area contributed by atoms with Gasteiger partial charge in [0.2, 0.25) is 0 Å². The number of benzene rings is 13. The summed E-state index contributed by atoms with van der Waals surface area (Å²) in [4.78, 5) is 5.26. The smallest absolute Gasteiger partial charge is 0.252 e. The zero-order valence-electron chi connectivity index (χ0n) is 64.3. The Balaban J connectivity index is 0.900.